The highest BCUT2D eigenvalue weighted by molar-refractivity contribution is 7.89. The van der Waals surface area contributed by atoms with Crippen LogP contribution in [-0.2, 0) is 21.8 Å². The van der Waals surface area contributed by atoms with E-state index in [-0.39, 0.29) is 16.4 Å². The normalized spacial score (nSPS) is 12.4. The Morgan fingerprint density at radius 1 is 1.27 bits per heavy atom. The summed E-state index contributed by atoms with van der Waals surface area (Å²) in [5, 5.41) is 11.0. The van der Waals surface area contributed by atoms with Crippen molar-refractivity contribution in [2.45, 2.75) is 17.9 Å². The molecule has 0 aliphatic rings. The maximum absolute atomic E-state index is 12.4. The first-order chi connectivity index (χ1) is 14.2. The zero-order valence-electron chi connectivity index (χ0n) is 16.3. The smallest absolute Gasteiger partial charge is 0.413 e. The van der Waals surface area contributed by atoms with Crippen LogP contribution in [0.15, 0.2) is 47.5 Å². The third-order valence-corrected chi connectivity index (χ3v) is 5.84. The number of halogens is 1. The second-order valence-corrected chi connectivity index (χ2v) is 8.55. The van der Waals surface area contributed by atoms with Gasteiger partial charge in [-0.3, -0.25) is 10.3 Å². The SMILES string of the molecule is CNS(=O)(=O)c1ccc(-c2nnn(C)c2NC(=O)O[C@H](C)c2cccc(Cl)c2)nc1. The maximum atomic E-state index is 12.4. The van der Waals surface area contributed by atoms with Crippen LogP contribution in [-0.4, -0.2) is 41.5 Å². The molecule has 0 saturated heterocycles. The van der Waals surface area contributed by atoms with Gasteiger partial charge in [0, 0.05) is 18.3 Å². The number of hydrogen-bond donors (Lipinski definition) is 2. The van der Waals surface area contributed by atoms with Crippen LogP contribution in [0, 0.1) is 0 Å². The monoisotopic (exact) mass is 450 g/mol. The van der Waals surface area contributed by atoms with Crippen molar-refractivity contribution in [3.05, 3.63) is 53.2 Å². The van der Waals surface area contributed by atoms with E-state index in [1.807, 2.05) is 0 Å². The molecular weight excluding hydrogens is 432 g/mol. The molecule has 30 heavy (non-hydrogen) atoms. The average Bonchev–Trinajstić information content (AvgIpc) is 3.08. The molecule has 1 amide bonds. The molecule has 0 aliphatic carbocycles. The second kappa shape index (κ2) is 8.78. The number of ether oxygens (including phenoxy) is 1. The van der Waals surface area contributed by atoms with Gasteiger partial charge in [0.1, 0.15) is 11.0 Å². The van der Waals surface area contributed by atoms with E-state index in [4.69, 9.17) is 16.3 Å². The van der Waals surface area contributed by atoms with Crippen LogP contribution < -0.4 is 10.0 Å². The molecule has 3 aromatic rings. The highest BCUT2D eigenvalue weighted by Gasteiger charge is 2.20. The fraction of sp³-hybridized carbons (Fsp3) is 0.222. The summed E-state index contributed by atoms with van der Waals surface area (Å²) in [6.07, 6.45) is -0.0693. The minimum absolute atomic E-state index is 0.00176. The van der Waals surface area contributed by atoms with Gasteiger partial charge in [-0.05, 0) is 43.8 Å². The average molecular weight is 451 g/mol. The van der Waals surface area contributed by atoms with E-state index >= 15 is 0 Å². The summed E-state index contributed by atoms with van der Waals surface area (Å²) < 4.78 is 32.6. The van der Waals surface area contributed by atoms with Gasteiger partial charge in [-0.2, -0.15) is 0 Å². The first kappa shape index (κ1) is 21.7. The molecule has 0 saturated carbocycles. The van der Waals surface area contributed by atoms with Gasteiger partial charge >= 0.3 is 6.09 Å². The van der Waals surface area contributed by atoms with Crippen molar-refractivity contribution in [3.8, 4) is 11.4 Å². The van der Waals surface area contributed by atoms with E-state index in [0.29, 0.717) is 10.7 Å². The topological polar surface area (TPSA) is 128 Å². The Hall–Kier alpha value is -3.02. The maximum Gasteiger partial charge on any atom is 0.413 e. The van der Waals surface area contributed by atoms with Gasteiger partial charge in [0.25, 0.3) is 0 Å². The molecule has 3 rings (SSSR count). The molecular formula is C18H19ClN6O4S. The van der Waals surface area contributed by atoms with Crippen molar-refractivity contribution >= 4 is 33.5 Å². The van der Waals surface area contributed by atoms with E-state index in [1.165, 1.54) is 30.1 Å². The predicted octanol–water partition coefficient (Wildman–Crippen LogP) is 2.75. The van der Waals surface area contributed by atoms with Gasteiger partial charge < -0.3 is 4.74 Å². The number of pyridine rings is 1. The van der Waals surface area contributed by atoms with Gasteiger partial charge in [-0.1, -0.05) is 28.9 Å². The van der Waals surface area contributed by atoms with E-state index in [1.54, 1.807) is 38.2 Å². The fourth-order valence-electron chi connectivity index (χ4n) is 2.58. The van der Waals surface area contributed by atoms with Crippen LogP contribution in [0.3, 0.4) is 0 Å². The second-order valence-electron chi connectivity index (χ2n) is 6.22. The Morgan fingerprint density at radius 3 is 2.67 bits per heavy atom. The minimum Gasteiger partial charge on any atom is -0.441 e. The van der Waals surface area contributed by atoms with Gasteiger partial charge in [0.15, 0.2) is 11.5 Å². The number of aryl methyl sites for hydroxylation is 1. The highest BCUT2D eigenvalue weighted by Crippen LogP contribution is 2.25. The van der Waals surface area contributed by atoms with E-state index in [9.17, 15) is 13.2 Å². The van der Waals surface area contributed by atoms with Crippen LogP contribution in [0.25, 0.3) is 11.4 Å². The molecule has 2 heterocycles. The zero-order valence-corrected chi connectivity index (χ0v) is 17.9. The number of carbonyl (C=O) groups excluding carboxylic acids is 1. The summed E-state index contributed by atoms with van der Waals surface area (Å²) in [5.74, 6) is 0.245. The lowest BCUT2D eigenvalue weighted by atomic mass is 10.1. The third-order valence-electron chi connectivity index (χ3n) is 4.21. The molecule has 0 aliphatic heterocycles. The number of anilines is 1. The summed E-state index contributed by atoms with van der Waals surface area (Å²) in [6.45, 7) is 1.72. The fourth-order valence-corrected chi connectivity index (χ4v) is 3.45. The molecule has 0 bridgehead atoms. The van der Waals surface area contributed by atoms with Crippen molar-refractivity contribution in [2.75, 3.05) is 12.4 Å². The number of hydrogen-bond acceptors (Lipinski definition) is 7. The number of sulfonamides is 1. The van der Waals surface area contributed by atoms with Crippen molar-refractivity contribution in [1.29, 1.82) is 0 Å². The van der Waals surface area contributed by atoms with Gasteiger partial charge in [0.2, 0.25) is 10.0 Å². The lowest BCUT2D eigenvalue weighted by Crippen LogP contribution is -2.19. The molecule has 12 heteroatoms. The lowest BCUT2D eigenvalue weighted by molar-refractivity contribution is 0.121. The van der Waals surface area contributed by atoms with Crippen LogP contribution in [0.1, 0.15) is 18.6 Å². The highest BCUT2D eigenvalue weighted by atomic mass is 35.5. The largest absolute Gasteiger partial charge is 0.441 e. The molecule has 2 N–H and O–H groups in total. The zero-order chi connectivity index (χ0) is 21.9. The summed E-state index contributed by atoms with van der Waals surface area (Å²) in [7, 11) is -0.718. The number of amides is 1. The molecule has 0 radical (unpaired) electrons. The summed E-state index contributed by atoms with van der Waals surface area (Å²) >= 11 is 5.97. The van der Waals surface area contributed by atoms with E-state index in [0.717, 1.165) is 5.56 Å². The molecule has 10 nitrogen and oxygen atoms in total. The van der Waals surface area contributed by atoms with Crippen LogP contribution in [0.2, 0.25) is 5.02 Å². The molecule has 2 aromatic heterocycles. The Kier molecular flexibility index (Phi) is 6.34. The van der Waals surface area contributed by atoms with E-state index < -0.39 is 22.2 Å². The van der Waals surface area contributed by atoms with Crippen LogP contribution >= 0.6 is 11.6 Å². The van der Waals surface area contributed by atoms with Crippen molar-refractivity contribution in [2.24, 2.45) is 7.05 Å². The standard InChI is InChI=1S/C18H19ClN6O4S/c1-11(12-5-4-6-13(19)9-12)29-18(26)22-17-16(23-24-25(17)3)15-8-7-14(10-21-15)30(27,28)20-2/h4-11,20H,1-3H3,(H,22,26)/t11-/m1/s1. The van der Waals surface area contributed by atoms with Crippen molar-refractivity contribution < 1.29 is 17.9 Å². The molecule has 1 aromatic carbocycles. The molecule has 158 valence electrons. The van der Waals surface area contributed by atoms with Crippen LogP contribution in [0.5, 0.6) is 0 Å². The molecule has 1 atom stereocenters. The van der Waals surface area contributed by atoms with Crippen molar-refractivity contribution in [1.82, 2.24) is 24.7 Å². The molecule has 0 spiro atoms. The van der Waals surface area contributed by atoms with Crippen LogP contribution in [0.4, 0.5) is 10.6 Å². The first-order valence-electron chi connectivity index (χ1n) is 8.74. The summed E-state index contributed by atoms with van der Waals surface area (Å²) in [4.78, 5) is 16.5. The van der Waals surface area contributed by atoms with Crippen molar-refractivity contribution in [3.63, 3.8) is 0 Å². The molecule has 0 fully saturated rings. The third kappa shape index (κ3) is 4.75. The van der Waals surface area contributed by atoms with Gasteiger partial charge in [-0.15, -0.1) is 5.10 Å². The van der Waals surface area contributed by atoms with Gasteiger partial charge in [0.05, 0.1) is 5.69 Å². The first-order valence-corrected chi connectivity index (χ1v) is 10.6. The Bertz CT molecular complexity index is 1160. The molecule has 0 unspecified atom stereocenters. The number of rotatable bonds is 6. The Morgan fingerprint density at radius 2 is 2.03 bits per heavy atom. The van der Waals surface area contributed by atoms with Gasteiger partial charge in [-0.25, -0.2) is 22.6 Å². The Balaban J connectivity index is 1.78. The summed E-state index contributed by atoms with van der Waals surface area (Å²) in [5.41, 5.74) is 1.33. The lowest BCUT2D eigenvalue weighted by Gasteiger charge is -2.15. The quantitative estimate of drug-likeness (QED) is 0.590. The number of carbonyl (C=O) groups is 1. The summed E-state index contributed by atoms with van der Waals surface area (Å²) in [6, 6.07) is 9.85. The minimum atomic E-state index is -3.62. The predicted molar refractivity (Wildman–Crippen MR) is 110 cm³/mol. The number of nitrogens with zero attached hydrogens (tertiary/aromatic N) is 4. The number of nitrogens with one attached hydrogen (secondary N) is 2. The Labute approximate surface area is 178 Å². The van der Waals surface area contributed by atoms with E-state index in [2.05, 4.69) is 25.3 Å². The number of benzene rings is 1. The number of aromatic nitrogens is 4.